The van der Waals surface area contributed by atoms with Crippen LogP contribution < -0.4 is 14.8 Å². The number of hydrogen-bond acceptors (Lipinski definition) is 4. The Morgan fingerprint density at radius 1 is 1.07 bits per heavy atom. The van der Waals surface area contributed by atoms with Crippen molar-refractivity contribution >= 4 is 23.3 Å². The van der Waals surface area contributed by atoms with Crippen molar-refractivity contribution in [2.75, 3.05) is 11.9 Å². The molecule has 0 bridgehead atoms. The van der Waals surface area contributed by atoms with Crippen molar-refractivity contribution in [3.63, 3.8) is 0 Å². The second-order valence-electron chi connectivity index (χ2n) is 6.81. The highest BCUT2D eigenvalue weighted by molar-refractivity contribution is 6.33. The van der Waals surface area contributed by atoms with Crippen molar-refractivity contribution < 1.29 is 19.4 Å². The first-order valence-corrected chi connectivity index (χ1v) is 10.1. The van der Waals surface area contributed by atoms with Crippen molar-refractivity contribution in [1.82, 2.24) is 0 Å². The molecule has 0 aromatic heterocycles. The smallest absolute Gasteiger partial charge is 0.337 e. The van der Waals surface area contributed by atoms with E-state index in [-0.39, 0.29) is 10.6 Å². The lowest BCUT2D eigenvalue weighted by atomic mass is 10.1. The summed E-state index contributed by atoms with van der Waals surface area (Å²) in [5.41, 5.74) is 3.88. The molecule has 0 aliphatic carbocycles. The van der Waals surface area contributed by atoms with E-state index in [4.69, 9.17) is 21.1 Å². The maximum absolute atomic E-state index is 11.3. The van der Waals surface area contributed by atoms with Gasteiger partial charge in [-0.1, -0.05) is 53.6 Å². The minimum absolute atomic E-state index is 0.0561. The van der Waals surface area contributed by atoms with Gasteiger partial charge in [0.1, 0.15) is 6.61 Å². The van der Waals surface area contributed by atoms with E-state index in [1.165, 1.54) is 11.6 Å². The molecule has 3 aromatic rings. The van der Waals surface area contributed by atoms with E-state index < -0.39 is 5.97 Å². The average molecular weight is 426 g/mol. The Balaban J connectivity index is 1.80. The van der Waals surface area contributed by atoms with Crippen LogP contribution in [0.3, 0.4) is 0 Å². The number of halogens is 1. The second kappa shape index (κ2) is 10.0. The van der Waals surface area contributed by atoms with E-state index in [0.717, 1.165) is 11.1 Å². The molecule has 0 saturated heterocycles. The summed E-state index contributed by atoms with van der Waals surface area (Å²) in [5, 5.41) is 12.7. The van der Waals surface area contributed by atoms with E-state index in [1.807, 2.05) is 44.2 Å². The largest absolute Gasteiger partial charge is 0.490 e. The van der Waals surface area contributed by atoms with Crippen molar-refractivity contribution in [2.24, 2.45) is 0 Å². The SMILES string of the molecule is CCOc1cccc(CNc2ccc(Cl)c(C(=O)O)c2)c1OCc1ccc(C)cc1. The van der Waals surface area contributed by atoms with Gasteiger partial charge in [-0.25, -0.2) is 4.79 Å². The summed E-state index contributed by atoms with van der Waals surface area (Å²) in [6, 6.07) is 18.7. The van der Waals surface area contributed by atoms with Gasteiger partial charge >= 0.3 is 5.97 Å². The Kier molecular flexibility index (Phi) is 7.20. The van der Waals surface area contributed by atoms with E-state index in [1.54, 1.807) is 12.1 Å². The molecule has 0 aliphatic rings. The lowest BCUT2D eigenvalue weighted by Gasteiger charge is -2.17. The fourth-order valence-corrected chi connectivity index (χ4v) is 3.17. The molecule has 2 N–H and O–H groups in total. The summed E-state index contributed by atoms with van der Waals surface area (Å²) in [6.45, 7) is 5.35. The fourth-order valence-electron chi connectivity index (χ4n) is 2.97. The summed E-state index contributed by atoms with van der Waals surface area (Å²) in [6.07, 6.45) is 0. The lowest BCUT2D eigenvalue weighted by Crippen LogP contribution is -2.07. The molecular formula is C24H24ClNO4. The molecule has 0 aliphatic heterocycles. The van der Waals surface area contributed by atoms with Gasteiger partial charge in [0.05, 0.1) is 17.2 Å². The molecule has 30 heavy (non-hydrogen) atoms. The number of rotatable bonds is 9. The molecule has 0 spiro atoms. The van der Waals surface area contributed by atoms with Crippen molar-refractivity contribution in [3.8, 4) is 11.5 Å². The van der Waals surface area contributed by atoms with Crippen LogP contribution in [0.2, 0.25) is 5.02 Å². The highest BCUT2D eigenvalue weighted by Gasteiger charge is 2.13. The monoisotopic (exact) mass is 425 g/mol. The normalized spacial score (nSPS) is 10.5. The first kappa shape index (κ1) is 21.5. The summed E-state index contributed by atoms with van der Waals surface area (Å²) in [4.78, 5) is 11.3. The molecule has 0 unspecified atom stereocenters. The molecule has 0 radical (unpaired) electrons. The first-order chi connectivity index (χ1) is 14.5. The Labute approximate surface area is 181 Å². The number of carbonyl (C=O) groups is 1. The average Bonchev–Trinajstić information content (AvgIpc) is 2.73. The van der Waals surface area contributed by atoms with Gasteiger partial charge in [0.25, 0.3) is 0 Å². The minimum Gasteiger partial charge on any atom is -0.490 e. The number of carboxylic acid groups (broad SMARTS) is 1. The third-order valence-electron chi connectivity index (χ3n) is 4.54. The van der Waals surface area contributed by atoms with Crippen LogP contribution in [0.4, 0.5) is 5.69 Å². The molecule has 3 aromatic carbocycles. The quantitative estimate of drug-likeness (QED) is 0.444. The molecule has 156 valence electrons. The van der Waals surface area contributed by atoms with Crippen molar-refractivity contribution in [1.29, 1.82) is 0 Å². The topological polar surface area (TPSA) is 67.8 Å². The maximum Gasteiger partial charge on any atom is 0.337 e. The number of para-hydroxylation sites is 1. The van der Waals surface area contributed by atoms with Crippen LogP contribution in [0, 0.1) is 6.92 Å². The number of ether oxygens (including phenoxy) is 2. The van der Waals surface area contributed by atoms with Crippen LogP contribution in [-0.4, -0.2) is 17.7 Å². The van der Waals surface area contributed by atoms with Gasteiger partial charge < -0.3 is 19.9 Å². The lowest BCUT2D eigenvalue weighted by molar-refractivity contribution is 0.0697. The molecule has 0 heterocycles. The molecule has 6 heteroatoms. The first-order valence-electron chi connectivity index (χ1n) is 9.67. The molecule has 0 atom stereocenters. The number of nitrogens with one attached hydrogen (secondary N) is 1. The Hall–Kier alpha value is -3.18. The Bertz CT molecular complexity index is 1020. The summed E-state index contributed by atoms with van der Waals surface area (Å²) in [7, 11) is 0. The Morgan fingerprint density at radius 3 is 2.53 bits per heavy atom. The molecule has 0 saturated carbocycles. The molecule has 3 rings (SSSR count). The molecule has 0 amide bonds. The van der Waals surface area contributed by atoms with E-state index >= 15 is 0 Å². The predicted molar refractivity (Wildman–Crippen MR) is 119 cm³/mol. The molecular weight excluding hydrogens is 402 g/mol. The Morgan fingerprint density at radius 2 is 1.83 bits per heavy atom. The van der Waals surface area contributed by atoms with Crippen LogP contribution >= 0.6 is 11.6 Å². The van der Waals surface area contributed by atoms with E-state index in [2.05, 4.69) is 17.4 Å². The van der Waals surface area contributed by atoms with Gasteiger partial charge in [0, 0.05) is 17.8 Å². The highest BCUT2D eigenvalue weighted by Crippen LogP contribution is 2.33. The summed E-state index contributed by atoms with van der Waals surface area (Å²) in [5.74, 6) is 0.273. The fraction of sp³-hybridized carbons (Fsp3) is 0.208. The third-order valence-corrected chi connectivity index (χ3v) is 4.87. The number of aromatic carboxylic acids is 1. The van der Waals surface area contributed by atoms with E-state index in [0.29, 0.717) is 36.9 Å². The van der Waals surface area contributed by atoms with Gasteiger partial charge in [0.2, 0.25) is 0 Å². The van der Waals surface area contributed by atoms with E-state index in [9.17, 15) is 9.90 Å². The molecule has 5 nitrogen and oxygen atoms in total. The number of carboxylic acids is 1. The van der Waals surface area contributed by atoms with Gasteiger partial charge in [-0.15, -0.1) is 0 Å². The zero-order valence-electron chi connectivity index (χ0n) is 16.9. The number of anilines is 1. The van der Waals surface area contributed by atoms with Gasteiger partial charge in [-0.05, 0) is 43.7 Å². The number of aryl methyl sites for hydroxylation is 1. The predicted octanol–water partition coefficient (Wildman–Crippen LogP) is 5.94. The maximum atomic E-state index is 11.3. The van der Waals surface area contributed by atoms with Crippen molar-refractivity contribution in [3.05, 3.63) is 87.9 Å². The van der Waals surface area contributed by atoms with Gasteiger partial charge in [-0.2, -0.15) is 0 Å². The zero-order valence-corrected chi connectivity index (χ0v) is 17.7. The summed E-state index contributed by atoms with van der Waals surface area (Å²) < 4.78 is 11.9. The number of hydrogen-bond donors (Lipinski definition) is 2. The van der Waals surface area contributed by atoms with Crippen molar-refractivity contribution in [2.45, 2.75) is 27.0 Å². The van der Waals surface area contributed by atoms with Crippen LogP contribution in [0.5, 0.6) is 11.5 Å². The van der Waals surface area contributed by atoms with Crippen LogP contribution in [0.25, 0.3) is 0 Å². The third kappa shape index (κ3) is 5.45. The zero-order chi connectivity index (χ0) is 21.5. The van der Waals surface area contributed by atoms with Gasteiger partial charge in [0.15, 0.2) is 11.5 Å². The number of benzene rings is 3. The van der Waals surface area contributed by atoms with Crippen LogP contribution in [0.15, 0.2) is 60.7 Å². The molecule has 0 fully saturated rings. The second-order valence-corrected chi connectivity index (χ2v) is 7.21. The van der Waals surface area contributed by atoms with Crippen LogP contribution in [0.1, 0.15) is 34.0 Å². The highest BCUT2D eigenvalue weighted by atomic mass is 35.5. The standard InChI is InChI=1S/C24H24ClNO4/c1-3-29-22-6-4-5-18(23(22)30-15-17-9-7-16(2)8-10-17)14-26-19-11-12-21(25)20(13-19)24(27)28/h4-13,26H,3,14-15H2,1-2H3,(H,27,28). The van der Waals surface area contributed by atoms with Crippen LogP contribution in [-0.2, 0) is 13.2 Å². The van der Waals surface area contributed by atoms with Gasteiger partial charge in [-0.3, -0.25) is 0 Å². The minimum atomic E-state index is -1.07. The summed E-state index contributed by atoms with van der Waals surface area (Å²) >= 11 is 5.95.